The van der Waals surface area contributed by atoms with Gasteiger partial charge in [-0.2, -0.15) is 0 Å². The highest BCUT2D eigenvalue weighted by Crippen LogP contribution is 2.40. The molecule has 0 aromatic carbocycles. The predicted octanol–water partition coefficient (Wildman–Crippen LogP) is -2.28. The lowest BCUT2D eigenvalue weighted by atomic mass is 9.95. The molecule has 1 fully saturated rings. The normalized spacial score (nSPS) is 34.5. The standard InChI is InChI=1S/C11H17N2O8P/c1-11(18)8(16)5(4-7(15)22(19)20)21-9(11)13-3-2-6(14)12-10(13)17/h2-3,5,7-9,15-16,18,22H,4H2,1H3,(H,19,20)(H,12,14,17)/t5?,7-,8-,9?,11-/m1/s1. The fraction of sp³-hybridized carbons (Fsp3) is 0.636. The summed E-state index contributed by atoms with van der Waals surface area (Å²) < 4.78 is 17.1. The molecule has 1 aliphatic rings. The lowest BCUT2D eigenvalue weighted by Gasteiger charge is -2.27. The number of rotatable bonds is 4. The number of ether oxygens (including phenoxy) is 1. The Labute approximate surface area is 124 Å². The van der Waals surface area contributed by atoms with Gasteiger partial charge < -0.3 is 24.9 Å². The maximum atomic E-state index is 11.8. The van der Waals surface area contributed by atoms with Crippen LogP contribution in [0, 0.1) is 0 Å². The Morgan fingerprint density at radius 2 is 2.18 bits per heavy atom. The summed E-state index contributed by atoms with van der Waals surface area (Å²) in [4.78, 5) is 33.7. The van der Waals surface area contributed by atoms with Crippen LogP contribution < -0.4 is 11.2 Å². The van der Waals surface area contributed by atoms with E-state index in [0.29, 0.717) is 0 Å². The zero-order chi connectivity index (χ0) is 16.7. The van der Waals surface area contributed by atoms with Crippen LogP contribution in [0.1, 0.15) is 19.6 Å². The molecule has 2 rings (SSSR count). The number of nitrogens with one attached hydrogen (secondary N) is 1. The average molecular weight is 336 g/mol. The number of aromatic nitrogens is 2. The van der Waals surface area contributed by atoms with E-state index in [0.717, 1.165) is 16.8 Å². The minimum atomic E-state index is -3.24. The van der Waals surface area contributed by atoms with Crippen LogP contribution in [-0.2, 0) is 9.30 Å². The van der Waals surface area contributed by atoms with Gasteiger partial charge in [0.25, 0.3) is 5.56 Å². The molecule has 0 bridgehead atoms. The van der Waals surface area contributed by atoms with Crippen molar-refractivity contribution >= 4 is 8.03 Å². The number of hydrogen-bond acceptors (Lipinski definition) is 7. The van der Waals surface area contributed by atoms with Gasteiger partial charge in [-0.1, -0.05) is 0 Å². The molecule has 10 nitrogen and oxygen atoms in total. The molecule has 1 saturated heterocycles. The molecule has 0 spiro atoms. The molecule has 1 aromatic heterocycles. The third kappa shape index (κ3) is 3.07. The van der Waals surface area contributed by atoms with Gasteiger partial charge in [-0.3, -0.25) is 18.9 Å². The highest BCUT2D eigenvalue weighted by atomic mass is 31.1. The quantitative estimate of drug-likeness (QED) is 0.384. The number of aliphatic hydroxyl groups is 3. The second-order valence-electron chi connectivity index (χ2n) is 5.30. The van der Waals surface area contributed by atoms with Crippen molar-refractivity contribution in [1.82, 2.24) is 9.55 Å². The summed E-state index contributed by atoms with van der Waals surface area (Å²) in [5, 5.41) is 29.8. The van der Waals surface area contributed by atoms with Crippen molar-refractivity contribution in [3.05, 3.63) is 33.1 Å². The van der Waals surface area contributed by atoms with Gasteiger partial charge in [-0.25, -0.2) is 4.79 Å². The highest BCUT2D eigenvalue weighted by Gasteiger charge is 2.53. The summed E-state index contributed by atoms with van der Waals surface area (Å²) in [6, 6.07) is 1.04. The number of nitrogens with zero attached hydrogens (tertiary/aromatic N) is 1. The number of H-pyrrole nitrogens is 1. The smallest absolute Gasteiger partial charge is 0.330 e. The average Bonchev–Trinajstić information content (AvgIpc) is 2.63. The monoisotopic (exact) mass is 336 g/mol. The van der Waals surface area contributed by atoms with E-state index >= 15 is 0 Å². The Morgan fingerprint density at radius 3 is 2.73 bits per heavy atom. The topological polar surface area (TPSA) is 162 Å². The third-order valence-corrected chi connectivity index (χ3v) is 4.40. The van der Waals surface area contributed by atoms with Crippen molar-refractivity contribution < 1.29 is 29.5 Å². The molecular formula is C11H17N2O8P. The van der Waals surface area contributed by atoms with Crippen molar-refractivity contribution in [3.8, 4) is 0 Å². The summed E-state index contributed by atoms with van der Waals surface area (Å²) >= 11 is 0. The van der Waals surface area contributed by atoms with Gasteiger partial charge in [0.2, 0.25) is 8.03 Å². The van der Waals surface area contributed by atoms with E-state index in [1.165, 1.54) is 6.92 Å². The van der Waals surface area contributed by atoms with E-state index in [-0.39, 0.29) is 6.42 Å². The van der Waals surface area contributed by atoms with E-state index in [2.05, 4.69) is 0 Å². The Morgan fingerprint density at radius 1 is 1.55 bits per heavy atom. The summed E-state index contributed by atoms with van der Waals surface area (Å²) in [5.74, 6) is -1.61. The molecule has 1 aromatic rings. The molecular weight excluding hydrogens is 319 g/mol. The van der Waals surface area contributed by atoms with Crippen molar-refractivity contribution in [1.29, 1.82) is 0 Å². The Hall–Kier alpha value is -1.29. The van der Waals surface area contributed by atoms with E-state index in [9.17, 15) is 29.5 Å². The molecule has 11 heteroatoms. The summed E-state index contributed by atoms with van der Waals surface area (Å²) in [6.45, 7) is 1.22. The number of aliphatic hydroxyl groups excluding tert-OH is 2. The largest absolute Gasteiger partial charge is 0.387 e. The minimum Gasteiger partial charge on any atom is -0.387 e. The Balaban J connectivity index is 2.32. The predicted molar refractivity (Wildman–Crippen MR) is 73.7 cm³/mol. The second kappa shape index (κ2) is 6.07. The van der Waals surface area contributed by atoms with Gasteiger partial charge >= 0.3 is 5.69 Å². The molecule has 124 valence electrons. The van der Waals surface area contributed by atoms with Crippen LogP contribution in [0.2, 0.25) is 0 Å². The first-order chi connectivity index (χ1) is 10.1. The first-order valence-corrected chi connectivity index (χ1v) is 7.86. The Kier molecular flexibility index (Phi) is 4.71. The molecule has 5 N–H and O–H groups in total. The zero-order valence-corrected chi connectivity index (χ0v) is 12.5. The van der Waals surface area contributed by atoms with Crippen molar-refractivity contribution in [2.45, 2.75) is 43.2 Å². The lowest BCUT2D eigenvalue weighted by Crippen LogP contribution is -2.46. The molecule has 0 radical (unpaired) electrons. The van der Waals surface area contributed by atoms with Gasteiger partial charge in [0.05, 0.1) is 6.10 Å². The molecule has 0 saturated carbocycles. The number of hydrogen-bond donors (Lipinski definition) is 5. The van der Waals surface area contributed by atoms with Crippen molar-refractivity contribution in [2.75, 3.05) is 0 Å². The Bertz CT molecular complexity index is 683. The van der Waals surface area contributed by atoms with Gasteiger partial charge in [0.1, 0.15) is 17.6 Å². The molecule has 6 atom stereocenters. The van der Waals surface area contributed by atoms with Crippen molar-refractivity contribution in [2.24, 2.45) is 0 Å². The summed E-state index contributed by atoms with van der Waals surface area (Å²) in [6.07, 6.45) is -3.28. The fourth-order valence-corrected chi connectivity index (χ4v) is 2.80. The van der Waals surface area contributed by atoms with Crippen LogP contribution in [-0.4, -0.2) is 53.4 Å². The third-order valence-electron chi connectivity index (χ3n) is 3.60. The SMILES string of the molecule is C[C@]1(O)C(n2ccc(=O)[nH]c2=O)OC(C[C@H](O)[PH](=O)O)[C@H]1O. The molecule has 3 unspecified atom stereocenters. The maximum Gasteiger partial charge on any atom is 0.330 e. The first kappa shape index (κ1) is 17.1. The molecule has 2 heterocycles. The zero-order valence-electron chi connectivity index (χ0n) is 11.5. The first-order valence-electron chi connectivity index (χ1n) is 6.43. The van der Waals surface area contributed by atoms with Gasteiger partial charge in [-0.15, -0.1) is 0 Å². The molecule has 22 heavy (non-hydrogen) atoms. The summed E-state index contributed by atoms with van der Waals surface area (Å²) in [7, 11) is -3.24. The van der Waals surface area contributed by atoms with Gasteiger partial charge in [0.15, 0.2) is 6.23 Å². The number of aromatic amines is 1. The van der Waals surface area contributed by atoms with E-state index in [4.69, 9.17) is 9.63 Å². The second-order valence-corrected chi connectivity index (χ2v) is 6.65. The van der Waals surface area contributed by atoms with Gasteiger partial charge in [0, 0.05) is 18.7 Å². The molecule has 1 aliphatic heterocycles. The van der Waals surface area contributed by atoms with Crippen molar-refractivity contribution in [3.63, 3.8) is 0 Å². The van der Waals surface area contributed by atoms with Crippen LogP contribution in [0.15, 0.2) is 21.9 Å². The van der Waals surface area contributed by atoms with Crippen LogP contribution >= 0.6 is 8.03 Å². The van der Waals surface area contributed by atoms with E-state index in [1.54, 1.807) is 0 Å². The van der Waals surface area contributed by atoms with Crippen LogP contribution in [0.4, 0.5) is 0 Å². The van der Waals surface area contributed by atoms with Gasteiger partial charge in [-0.05, 0) is 6.92 Å². The van der Waals surface area contributed by atoms with Crippen LogP contribution in [0.25, 0.3) is 0 Å². The molecule has 0 aliphatic carbocycles. The highest BCUT2D eigenvalue weighted by molar-refractivity contribution is 7.38. The fourth-order valence-electron chi connectivity index (χ4n) is 2.36. The van der Waals surface area contributed by atoms with E-state index in [1.807, 2.05) is 4.98 Å². The maximum absolute atomic E-state index is 11.8. The lowest BCUT2D eigenvalue weighted by molar-refractivity contribution is -0.0981. The van der Waals surface area contributed by atoms with Crippen LogP contribution in [0.3, 0.4) is 0 Å². The summed E-state index contributed by atoms with van der Waals surface area (Å²) in [5.41, 5.74) is -3.38. The minimum absolute atomic E-state index is 0.389. The van der Waals surface area contributed by atoms with E-state index < -0.39 is 49.2 Å². The molecule has 0 amide bonds. The van der Waals surface area contributed by atoms with Crippen LogP contribution in [0.5, 0.6) is 0 Å².